The molecule has 3 aromatic heterocycles. The van der Waals surface area contributed by atoms with Crippen LogP contribution in [0, 0.1) is 17.8 Å². The molecule has 2 saturated carbocycles. The number of hydrogen-bond donors (Lipinski definition) is 0. The highest BCUT2D eigenvalue weighted by atomic mass is 32.2. The third-order valence-electron chi connectivity index (χ3n) is 8.99. The first kappa shape index (κ1) is 24.5. The van der Waals surface area contributed by atoms with E-state index in [1.807, 2.05) is 55.6 Å². The third kappa shape index (κ3) is 4.15. The largest absolute Gasteiger partial charge is 0.461 e. The molecule has 0 amide bonds. The van der Waals surface area contributed by atoms with E-state index in [1.54, 1.807) is 6.26 Å². The molecular weight excluding hydrogens is 504 g/mol. The van der Waals surface area contributed by atoms with Gasteiger partial charge in [0.25, 0.3) is 0 Å². The monoisotopic (exact) mass is 536 g/mol. The Morgan fingerprint density at radius 2 is 1.85 bits per heavy atom. The Bertz CT molecular complexity index is 1640. The first-order chi connectivity index (χ1) is 19.1. The van der Waals surface area contributed by atoms with Crippen molar-refractivity contribution in [3.8, 4) is 22.8 Å². The molecule has 2 aromatic carbocycles. The number of carbonyl (C=O) groups excluding carboxylic acids is 1. The average Bonchev–Trinajstić information content (AvgIpc) is 3.80. The smallest absolute Gasteiger partial charge is 0.200 e. The number of aromatic nitrogens is 4. The Labute approximate surface area is 232 Å². The van der Waals surface area contributed by atoms with Gasteiger partial charge in [0.15, 0.2) is 16.7 Å². The number of furan rings is 1. The van der Waals surface area contributed by atoms with E-state index in [2.05, 4.69) is 44.5 Å². The first-order valence-electron chi connectivity index (χ1n) is 13.9. The van der Waals surface area contributed by atoms with Gasteiger partial charge in [0.2, 0.25) is 5.82 Å². The van der Waals surface area contributed by atoms with E-state index in [4.69, 9.17) is 4.42 Å². The molecule has 6 nitrogen and oxygen atoms in total. The molecule has 39 heavy (non-hydrogen) atoms. The summed E-state index contributed by atoms with van der Waals surface area (Å²) >= 11 is 1.49. The number of hydrogen-bond acceptors (Lipinski definition) is 5. The molecule has 5 aromatic rings. The molecular formula is C32H32N4O2S. The minimum absolute atomic E-state index is 0.0947. The Hall–Kier alpha value is -3.58. The summed E-state index contributed by atoms with van der Waals surface area (Å²) in [6, 6.07) is 22.4. The Morgan fingerprint density at radius 1 is 1.03 bits per heavy atom. The molecule has 2 aliphatic rings. The Balaban J connectivity index is 1.24. The maximum absolute atomic E-state index is 14.0. The van der Waals surface area contributed by atoms with Gasteiger partial charge in [-0.25, -0.2) is 0 Å². The molecule has 0 spiro atoms. The topological polar surface area (TPSA) is 65.8 Å². The van der Waals surface area contributed by atoms with E-state index in [9.17, 15) is 4.79 Å². The molecule has 7 heteroatoms. The van der Waals surface area contributed by atoms with Gasteiger partial charge in [-0.05, 0) is 67.7 Å². The van der Waals surface area contributed by atoms with Gasteiger partial charge in [-0.15, -0.1) is 10.2 Å². The number of aryl methyl sites for hydroxylation is 1. The van der Waals surface area contributed by atoms with E-state index in [1.165, 1.54) is 37.4 Å². The quantitative estimate of drug-likeness (QED) is 0.150. The van der Waals surface area contributed by atoms with Crippen LogP contribution in [0.25, 0.3) is 33.7 Å². The Morgan fingerprint density at radius 3 is 2.59 bits per heavy atom. The normalized spacial score (nSPS) is 21.1. The lowest BCUT2D eigenvalue weighted by atomic mass is 9.84. The maximum Gasteiger partial charge on any atom is 0.200 e. The number of nitrogens with zero attached hydrogens (tertiary/aromatic N) is 4. The second-order valence-corrected chi connectivity index (χ2v) is 12.1. The molecule has 0 aliphatic heterocycles. The van der Waals surface area contributed by atoms with Crippen LogP contribution in [0.15, 0.2) is 82.6 Å². The van der Waals surface area contributed by atoms with Crippen LogP contribution in [-0.2, 0) is 7.05 Å². The summed E-state index contributed by atoms with van der Waals surface area (Å²) in [7, 11) is 2.04. The number of rotatable bonds is 8. The number of ketones is 1. The van der Waals surface area contributed by atoms with Crippen molar-refractivity contribution in [2.75, 3.05) is 5.75 Å². The minimum atomic E-state index is 0.0947. The molecule has 4 atom stereocenters. The van der Waals surface area contributed by atoms with Crippen molar-refractivity contribution in [3.05, 3.63) is 78.6 Å². The molecule has 0 radical (unpaired) electrons. The number of carbonyl (C=O) groups is 1. The summed E-state index contributed by atoms with van der Waals surface area (Å²) in [4.78, 5) is 14.0. The molecule has 0 N–H and O–H groups in total. The lowest BCUT2D eigenvalue weighted by molar-refractivity contribution is 0.102. The second-order valence-electron chi connectivity index (χ2n) is 11.1. The summed E-state index contributed by atoms with van der Waals surface area (Å²) in [6.45, 7) is 2.30. The molecule has 198 valence electrons. The summed E-state index contributed by atoms with van der Waals surface area (Å²) in [5, 5.41) is 10.9. The van der Waals surface area contributed by atoms with Crippen LogP contribution in [0.3, 0.4) is 0 Å². The van der Waals surface area contributed by atoms with Gasteiger partial charge in [0.05, 0.1) is 23.3 Å². The summed E-state index contributed by atoms with van der Waals surface area (Å²) in [6.07, 6.45) is 6.98. The van der Waals surface area contributed by atoms with Gasteiger partial charge >= 0.3 is 0 Å². The number of thioether (sulfide) groups is 1. The van der Waals surface area contributed by atoms with Crippen LogP contribution >= 0.6 is 11.8 Å². The third-order valence-corrected chi connectivity index (χ3v) is 9.93. The van der Waals surface area contributed by atoms with Gasteiger partial charge in [0.1, 0.15) is 0 Å². The van der Waals surface area contributed by atoms with E-state index in [-0.39, 0.29) is 17.6 Å². The maximum atomic E-state index is 14.0. The SMILES string of the molecule is C[C@H]([C@@H]1C[C@H]2CC[C@H]1C2)n1c(SCC(=O)c2c(-c3ccccc3)n(C)c3ccccc23)nnc1-c1ccco1. The molecule has 7 rings (SSSR count). The fourth-order valence-corrected chi connectivity index (χ4v) is 8.10. The van der Waals surface area contributed by atoms with Crippen LogP contribution in [0.1, 0.15) is 49.0 Å². The van der Waals surface area contributed by atoms with Gasteiger partial charge in [-0.3, -0.25) is 9.36 Å². The zero-order valence-electron chi connectivity index (χ0n) is 22.3. The number of Topliss-reactive ketones (excluding diaryl/α,β-unsaturated/α-hetero) is 1. The summed E-state index contributed by atoms with van der Waals surface area (Å²) < 4.78 is 10.1. The van der Waals surface area contributed by atoms with Crippen LogP contribution in [0.2, 0.25) is 0 Å². The standard InChI is InChI=1S/C32H32N4O2S/c1-20(25-18-21-14-15-23(25)17-21)36-31(28-13-8-16-38-28)33-34-32(36)39-19-27(37)29-24-11-6-7-12-26(24)35(2)30(29)22-9-4-3-5-10-22/h3-13,16,20-21,23,25H,14-15,17-19H2,1-2H3/t20-,21+,23+,25+/m1/s1. The van der Waals surface area contributed by atoms with Crippen molar-refractivity contribution in [2.45, 2.75) is 43.8 Å². The molecule has 2 bridgehead atoms. The van der Waals surface area contributed by atoms with E-state index < -0.39 is 0 Å². The minimum Gasteiger partial charge on any atom is -0.461 e. The Kier molecular flexibility index (Phi) is 6.19. The first-order valence-corrected chi connectivity index (χ1v) is 14.9. The highest BCUT2D eigenvalue weighted by Gasteiger charge is 2.43. The van der Waals surface area contributed by atoms with Gasteiger partial charge in [-0.1, -0.05) is 66.7 Å². The van der Waals surface area contributed by atoms with Gasteiger partial charge in [0, 0.05) is 24.0 Å². The van der Waals surface area contributed by atoms with Crippen molar-refractivity contribution >= 4 is 28.4 Å². The molecule has 2 aliphatic carbocycles. The van der Waals surface area contributed by atoms with Crippen LogP contribution in [0.4, 0.5) is 0 Å². The summed E-state index contributed by atoms with van der Waals surface area (Å²) in [5.41, 5.74) is 3.82. The highest BCUT2D eigenvalue weighted by molar-refractivity contribution is 7.99. The fraction of sp³-hybridized carbons (Fsp3) is 0.344. The zero-order chi connectivity index (χ0) is 26.5. The zero-order valence-corrected chi connectivity index (χ0v) is 23.1. The van der Waals surface area contributed by atoms with Crippen LogP contribution in [0.5, 0.6) is 0 Å². The van der Waals surface area contributed by atoms with Crippen LogP contribution < -0.4 is 0 Å². The van der Waals surface area contributed by atoms with E-state index in [0.29, 0.717) is 5.92 Å². The van der Waals surface area contributed by atoms with E-state index in [0.717, 1.165) is 56.3 Å². The van der Waals surface area contributed by atoms with Gasteiger partial charge in [-0.2, -0.15) is 0 Å². The molecule has 0 unspecified atom stereocenters. The van der Waals surface area contributed by atoms with Crippen LogP contribution in [-0.4, -0.2) is 30.9 Å². The van der Waals surface area contributed by atoms with E-state index >= 15 is 0 Å². The lowest BCUT2D eigenvalue weighted by Crippen LogP contribution is -2.23. The lowest BCUT2D eigenvalue weighted by Gasteiger charge is -2.30. The van der Waals surface area contributed by atoms with Crippen molar-refractivity contribution < 1.29 is 9.21 Å². The number of para-hydroxylation sites is 1. The molecule has 3 heterocycles. The predicted molar refractivity (Wildman–Crippen MR) is 155 cm³/mol. The molecule has 2 fully saturated rings. The van der Waals surface area contributed by atoms with Gasteiger partial charge < -0.3 is 8.98 Å². The number of benzene rings is 2. The van der Waals surface area contributed by atoms with Crippen molar-refractivity contribution in [3.63, 3.8) is 0 Å². The highest BCUT2D eigenvalue weighted by Crippen LogP contribution is 2.53. The predicted octanol–water partition coefficient (Wildman–Crippen LogP) is 7.67. The number of fused-ring (bicyclic) bond motifs is 3. The molecule has 0 saturated heterocycles. The van der Waals surface area contributed by atoms with Crippen molar-refractivity contribution in [1.82, 2.24) is 19.3 Å². The average molecular weight is 537 g/mol. The summed E-state index contributed by atoms with van der Waals surface area (Å²) in [5.74, 6) is 4.07. The van der Waals surface area contributed by atoms with Crippen molar-refractivity contribution in [2.24, 2.45) is 24.8 Å². The fourth-order valence-electron chi connectivity index (χ4n) is 7.20. The van der Waals surface area contributed by atoms with Crippen molar-refractivity contribution in [1.29, 1.82) is 0 Å². The second kappa shape index (κ2) is 9.87.